The van der Waals surface area contributed by atoms with Crippen LogP contribution in [0.1, 0.15) is 95.1 Å². The Balaban J connectivity index is 0.000000133. The Morgan fingerprint density at radius 2 is 1.12 bits per heavy atom. The van der Waals surface area contributed by atoms with Crippen molar-refractivity contribution < 1.29 is 0 Å². The first-order valence-corrected chi connectivity index (χ1v) is 17.5. The van der Waals surface area contributed by atoms with Gasteiger partial charge in [-0.1, -0.05) is 79.8 Å². The average molecular weight is 571 g/mol. The zero-order valence-corrected chi connectivity index (χ0v) is 25.8. The van der Waals surface area contributed by atoms with E-state index in [1.54, 1.807) is 0 Å². The molecule has 8 saturated carbocycles. The number of nitrogens with zero attached hydrogens (tertiary/aromatic N) is 1. The molecule has 4 heteroatoms. The monoisotopic (exact) mass is 570 g/mol. The van der Waals surface area contributed by atoms with Crippen molar-refractivity contribution in [3.05, 3.63) is 71.8 Å². The highest BCUT2D eigenvalue weighted by Gasteiger charge is 2.52. The van der Waals surface area contributed by atoms with E-state index in [-0.39, 0.29) is 0 Å². The van der Waals surface area contributed by atoms with Crippen molar-refractivity contribution in [1.82, 2.24) is 5.32 Å². The van der Waals surface area contributed by atoms with E-state index in [1.165, 1.54) is 93.2 Å². The first-order valence-electron chi connectivity index (χ1n) is 16.1. The zero-order valence-electron chi connectivity index (χ0n) is 24.2. The first-order chi connectivity index (χ1) is 19.5. The van der Waals surface area contributed by atoms with Gasteiger partial charge >= 0.3 is 0 Å². The first kappa shape index (κ1) is 27.2. The smallest absolute Gasteiger partial charge is 0.107 e. The number of benzene rings is 2. The molecule has 0 radical (unpaired) electrons. The molecular formula is C36H46N2S2. The predicted molar refractivity (Wildman–Crippen MR) is 174 cm³/mol. The van der Waals surface area contributed by atoms with Gasteiger partial charge in [0.1, 0.15) is 4.99 Å². The van der Waals surface area contributed by atoms with E-state index in [9.17, 15) is 0 Å². The second-order valence-corrected chi connectivity index (χ2v) is 16.0. The van der Waals surface area contributed by atoms with Gasteiger partial charge in [-0.05, 0) is 118 Å². The van der Waals surface area contributed by atoms with Gasteiger partial charge in [0.25, 0.3) is 0 Å². The van der Waals surface area contributed by atoms with Gasteiger partial charge in [-0.25, -0.2) is 0 Å². The molecule has 2 aromatic rings. The predicted octanol–water partition coefficient (Wildman–Crippen LogP) is 9.08. The number of hydrogen-bond acceptors (Lipinski definition) is 3. The van der Waals surface area contributed by atoms with Crippen LogP contribution in [0.25, 0.3) is 0 Å². The van der Waals surface area contributed by atoms with Gasteiger partial charge < -0.3 is 5.32 Å². The van der Waals surface area contributed by atoms with Gasteiger partial charge in [0, 0.05) is 16.7 Å². The molecule has 212 valence electrons. The third-order valence-corrected chi connectivity index (χ3v) is 12.3. The minimum Gasteiger partial charge on any atom is -0.370 e. The fraction of sp³-hybridized carbons (Fsp3) is 0.611. The van der Waals surface area contributed by atoms with Crippen LogP contribution in [0.3, 0.4) is 0 Å². The van der Waals surface area contributed by atoms with Gasteiger partial charge in [-0.3, -0.25) is 4.99 Å². The fourth-order valence-electron chi connectivity index (χ4n) is 10.5. The van der Waals surface area contributed by atoms with E-state index in [2.05, 4.69) is 72.9 Å². The minimum atomic E-state index is 0.294. The molecule has 2 nitrogen and oxygen atoms in total. The molecule has 0 aromatic heterocycles. The summed E-state index contributed by atoms with van der Waals surface area (Å²) < 4.78 is 0. The van der Waals surface area contributed by atoms with E-state index in [4.69, 9.17) is 17.2 Å². The van der Waals surface area contributed by atoms with Crippen molar-refractivity contribution in [2.45, 2.75) is 95.1 Å². The summed E-state index contributed by atoms with van der Waals surface area (Å²) in [7, 11) is 0. The van der Waals surface area contributed by atoms with Crippen LogP contribution in [0.15, 0.2) is 65.7 Å². The molecule has 8 aliphatic rings. The maximum atomic E-state index is 5.64. The van der Waals surface area contributed by atoms with Crippen molar-refractivity contribution in [2.24, 2.45) is 40.5 Å². The molecule has 0 unspecified atom stereocenters. The summed E-state index contributed by atoms with van der Waals surface area (Å²) in [6.07, 6.45) is 17.1. The molecule has 0 spiro atoms. The molecule has 0 aliphatic heterocycles. The van der Waals surface area contributed by atoms with E-state index < -0.39 is 0 Å². The van der Waals surface area contributed by atoms with Gasteiger partial charge in [0.2, 0.25) is 0 Å². The summed E-state index contributed by atoms with van der Waals surface area (Å²) in [5.74, 6) is 6.95. The minimum absolute atomic E-state index is 0.294. The summed E-state index contributed by atoms with van der Waals surface area (Å²) in [5.41, 5.74) is 3.12. The lowest BCUT2D eigenvalue weighted by Gasteiger charge is -2.57. The van der Waals surface area contributed by atoms with Crippen LogP contribution in [0, 0.1) is 35.5 Å². The molecule has 0 heterocycles. The van der Waals surface area contributed by atoms with Crippen molar-refractivity contribution in [2.75, 3.05) is 5.75 Å². The molecule has 0 atom stereocenters. The number of nitrogens with one attached hydrogen (secondary N) is 1. The number of aliphatic imine (C=N–C) groups is 1. The summed E-state index contributed by atoms with van der Waals surface area (Å²) in [5, 5.41) is 5.06. The molecule has 10 rings (SSSR count). The average Bonchev–Trinajstić information content (AvgIpc) is 2.92. The van der Waals surface area contributed by atoms with E-state index in [1.807, 2.05) is 11.8 Å². The molecule has 0 saturated heterocycles. The number of thiocarbonyl (C=S) groups is 1. The molecule has 1 N–H and O–H groups in total. The highest BCUT2D eigenvalue weighted by molar-refractivity contribution is 8.14. The van der Waals surface area contributed by atoms with Crippen LogP contribution in [-0.4, -0.2) is 26.9 Å². The quantitative estimate of drug-likeness (QED) is 0.220. The second-order valence-electron chi connectivity index (χ2n) is 14.4. The normalized spacial score (nSPS) is 38.6. The van der Waals surface area contributed by atoms with Crippen LogP contribution in [-0.2, 0) is 0 Å². The van der Waals surface area contributed by atoms with Gasteiger partial charge in [0.15, 0.2) is 0 Å². The highest BCUT2D eigenvalue weighted by Crippen LogP contribution is 2.58. The molecule has 0 amide bonds. The van der Waals surface area contributed by atoms with Crippen molar-refractivity contribution >= 4 is 34.0 Å². The Bertz CT molecular complexity index is 1150. The van der Waals surface area contributed by atoms with E-state index in [0.717, 1.165) is 46.2 Å². The molecule has 8 fully saturated rings. The maximum absolute atomic E-state index is 5.64. The van der Waals surface area contributed by atoms with Gasteiger partial charge in [-0.2, -0.15) is 0 Å². The second kappa shape index (κ2) is 11.2. The summed E-state index contributed by atoms with van der Waals surface area (Å²) in [6.45, 7) is 2.24. The molecule has 40 heavy (non-hydrogen) atoms. The molecular weight excluding hydrogens is 525 g/mol. The lowest BCUT2D eigenvalue weighted by molar-refractivity contribution is -0.00965. The Hall–Kier alpha value is -1.65. The number of hydrogen-bond donors (Lipinski definition) is 1. The Kier molecular flexibility index (Phi) is 7.62. The molecule has 8 bridgehead atoms. The Morgan fingerprint density at radius 3 is 1.57 bits per heavy atom. The van der Waals surface area contributed by atoms with Gasteiger partial charge in [0.05, 0.1) is 10.6 Å². The van der Waals surface area contributed by atoms with Crippen molar-refractivity contribution in [3.8, 4) is 0 Å². The van der Waals surface area contributed by atoms with Crippen LogP contribution < -0.4 is 5.32 Å². The summed E-state index contributed by atoms with van der Waals surface area (Å²) >= 11 is 7.57. The lowest BCUT2D eigenvalue weighted by Crippen LogP contribution is -2.59. The zero-order chi connectivity index (χ0) is 27.2. The molecule has 2 aromatic carbocycles. The molecule has 8 aliphatic carbocycles. The van der Waals surface area contributed by atoms with Crippen molar-refractivity contribution in [1.29, 1.82) is 0 Å². The number of thioether (sulfide) groups is 1. The van der Waals surface area contributed by atoms with Crippen LogP contribution >= 0.6 is 24.0 Å². The standard InChI is InChI=1S/C19H25NS.C17H21NS/c1-2-21-18(17-6-4-3-5-7-17)20-19-11-14-8-15(12-19)10-16(9-14)13-19;19-16(15-4-2-1-3-5-15)18-17-9-12-6-13(10-17)8-14(7-12)11-17/h3-7,14-16H,2,8-13H2,1H3;1-5,12-14H,6-11H2,(H,18,19). The number of rotatable bonds is 5. The fourth-order valence-corrected chi connectivity index (χ4v) is 11.7. The summed E-state index contributed by atoms with van der Waals surface area (Å²) in [4.78, 5) is 6.37. The van der Waals surface area contributed by atoms with E-state index >= 15 is 0 Å². The van der Waals surface area contributed by atoms with Gasteiger partial charge in [-0.15, -0.1) is 11.8 Å². The third kappa shape index (κ3) is 5.69. The lowest BCUT2D eigenvalue weighted by atomic mass is 9.53. The Labute approximate surface area is 251 Å². The summed E-state index contributed by atoms with van der Waals surface area (Å²) in [6, 6.07) is 21.3. The topological polar surface area (TPSA) is 24.4 Å². The third-order valence-electron chi connectivity index (χ3n) is 11.1. The largest absolute Gasteiger partial charge is 0.370 e. The maximum Gasteiger partial charge on any atom is 0.107 e. The van der Waals surface area contributed by atoms with Crippen LogP contribution in [0.5, 0.6) is 0 Å². The Morgan fingerprint density at radius 1 is 0.700 bits per heavy atom. The highest BCUT2D eigenvalue weighted by atomic mass is 32.2. The van der Waals surface area contributed by atoms with Crippen molar-refractivity contribution in [3.63, 3.8) is 0 Å². The SMILES string of the molecule is CCSC(=NC12CC3CC(CC(C3)C1)C2)c1ccccc1.S=C(NC12CC3CC(CC(C3)C1)C2)c1ccccc1. The van der Waals surface area contributed by atoms with E-state index in [0.29, 0.717) is 11.1 Å². The van der Waals surface area contributed by atoms with Crippen LogP contribution in [0.2, 0.25) is 0 Å². The van der Waals surface area contributed by atoms with Crippen LogP contribution in [0.4, 0.5) is 0 Å².